The number of carbonyl (C=O) groups is 3. The van der Waals surface area contributed by atoms with Gasteiger partial charge in [0.25, 0.3) is 0 Å². The molecule has 5 atom stereocenters. The number of rotatable bonds is 4. The highest BCUT2D eigenvalue weighted by molar-refractivity contribution is 6.31. The van der Waals surface area contributed by atoms with Crippen molar-refractivity contribution in [2.75, 3.05) is 11.9 Å². The second-order valence-electron chi connectivity index (χ2n) is 8.89. The molecule has 8 heteroatoms. The van der Waals surface area contributed by atoms with E-state index >= 15 is 0 Å². The maximum Gasteiger partial charge on any atom is 0.250 e. The summed E-state index contributed by atoms with van der Waals surface area (Å²) in [6.07, 6.45) is -0.421. The number of nitrogens with one attached hydrogen (secondary N) is 2. The van der Waals surface area contributed by atoms with Crippen LogP contribution >= 0.6 is 11.6 Å². The lowest BCUT2D eigenvalue weighted by atomic mass is 9.76. The molecule has 2 saturated heterocycles. The summed E-state index contributed by atoms with van der Waals surface area (Å²) < 4.78 is 0. The van der Waals surface area contributed by atoms with Crippen LogP contribution in [-0.2, 0) is 26.3 Å². The molecule has 2 aromatic carbocycles. The summed E-state index contributed by atoms with van der Waals surface area (Å²) in [5, 5.41) is 17.0. The van der Waals surface area contributed by atoms with Crippen LogP contribution in [0.2, 0.25) is 5.02 Å². The summed E-state index contributed by atoms with van der Waals surface area (Å²) in [6.45, 7) is 3.62. The first kappa shape index (κ1) is 21.1. The number of halogens is 1. The van der Waals surface area contributed by atoms with Gasteiger partial charge in [0, 0.05) is 28.9 Å². The molecular formula is C24H24ClN3O4. The van der Waals surface area contributed by atoms with Crippen molar-refractivity contribution >= 4 is 35.0 Å². The van der Waals surface area contributed by atoms with Gasteiger partial charge < -0.3 is 10.4 Å². The number of amides is 3. The Morgan fingerprint density at radius 3 is 2.56 bits per heavy atom. The highest BCUT2D eigenvalue weighted by atomic mass is 35.5. The number of aliphatic hydroxyl groups is 1. The van der Waals surface area contributed by atoms with Gasteiger partial charge >= 0.3 is 0 Å². The monoisotopic (exact) mass is 453 g/mol. The van der Waals surface area contributed by atoms with Crippen LogP contribution in [0, 0.1) is 18.8 Å². The van der Waals surface area contributed by atoms with Crippen LogP contribution in [0.1, 0.15) is 23.6 Å². The molecule has 32 heavy (non-hydrogen) atoms. The van der Waals surface area contributed by atoms with Crippen molar-refractivity contribution in [1.29, 1.82) is 0 Å². The fourth-order valence-corrected chi connectivity index (χ4v) is 5.82. The SMILES string of the molecule is Cc1cc(Cl)cc2c1NC(=O)C21NC(C(C)O)[C@H]2C(=O)N(CCc3ccccc3)C(=O)[C@H]21. The summed E-state index contributed by atoms with van der Waals surface area (Å²) in [4.78, 5) is 41.7. The minimum atomic E-state index is -1.45. The first-order valence-corrected chi connectivity index (χ1v) is 11.1. The standard InChI is InChI=1S/C24H24ClN3O4/c1-12-10-15(25)11-16-19(12)26-23(32)24(16)18-17(20(27-24)13(2)29)21(30)28(22(18)31)9-8-14-6-4-3-5-7-14/h3-7,10-11,13,17-18,20,27,29H,8-9H2,1-2H3,(H,26,32)/t13?,17-,18-,20?,24?/m0/s1. The van der Waals surface area contributed by atoms with E-state index in [4.69, 9.17) is 11.6 Å². The van der Waals surface area contributed by atoms with Crippen molar-refractivity contribution in [2.45, 2.75) is 38.0 Å². The maximum atomic E-state index is 13.6. The first-order chi connectivity index (χ1) is 15.3. The minimum absolute atomic E-state index is 0.223. The molecule has 1 spiro atoms. The van der Waals surface area contributed by atoms with Crippen LogP contribution in [0.4, 0.5) is 5.69 Å². The number of hydrogen-bond donors (Lipinski definition) is 3. The van der Waals surface area contributed by atoms with Gasteiger partial charge in [0.1, 0.15) is 5.54 Å². The van der Waals surface area contributed by atoms with Gasteiger partial charge in [-0.25, -0.2) is 0 Å². The number of carbonyl (C=O) groups excluding carboxylic acids is 3. The number of fused-ring (bicyclic) bond motifs is 4. The molecule has 7 nitrogen and oxygen atoms in total. The minimum Gasteiger partial charge on any atom is -0.392 e. The van der Waals surface area contributed by atoms with Crippen LogP contribution in [0.25, 0.3) is 0 Å². The van der Waals surface area contributed by atoms with Gasteiger partial charge in [0.05, 0.1) is 17.9 Å². The molecule has 0 aliphatic carbocycles. The van der Waals surface area contributed by atoms with Crippen LogP contribution in [0.5, 0.6) is 0 Å². The van der Waals surface area contributed by atoms with Gasteiger partial charge in [0.15, 0.2) is 0 Å². The molecule has 5 rings (SSSR count). The van der Waals surface area contributed by atoms with Gasteiger partial charge in [-0.1, -0.05) is 41.9 Å². The third-order valence-corrected chi connectivity index (χ3v) is 7.22. The fraction of sp³-hybridized carbons (Fsp3) is 0.375. The van der Waals surface area contributed by atoms with Gasteiger partial charge in [-0.05, 0) is 43.5 Å². The summed E-state index contributed by atoms with van der Waals surface area (Å²) in [5.41, 5.74) is 1.48. The predicted molar refractivity (Wildman–Crippen MR) is 119 cm³/mol. The summed E-state index contributed by atoms with van der Waals surface area (Å²) >= 11 is 6.31. The van der Waals surface area contributed by atoms with E-state index < -0.39 is 41.3 Å². The normalized spacial score (nSPS) is 29.4. The Morgan fingerprint density at radius 2 is 1.88 bits per heavy atom. The Balaban J connectivity index is 1.58. The molecule has 166 valence electrons. The highest BCUT2D eigenvalue weighted by Gasteiger charge is 2.71. The van der Waals surface area contributed by atoms with E-state index in [1.807, 2.05) is 37.3 Å². The quantitative estimate of drug-likeness (QED) is 0.615. The molecule has 2 aromatic rings. The Kier molecular flexibility index (Phi) is 4.89. The predicted octanol–water partition coefficient (Wildman–Crippen LogP) is 1.99. The van der Waals surface area contributed by atoms with Crippen LogP contribution in [0.3, 0.4) is 0 Å². The van der Waals surface area contributed by atoms with Gasteiger partial charge in [-0.15, -0.1) is 0 Å². The van der Waals surface area contributed by atoms with Crippen LogP contribution in [0.15, 0.2) is 42.5 Å². The topological polar surface area (TPSA) is 98.7 Å². The number of likely N-dealkylation sites (tertiary alicyclic amines) is 1. The van der Waals surface area contributed by atoms with Crippen molar-refractivity contribution < 1.29 is 19.5 Å². The zero-order valence-electron chi connectivity index (χ0n) is 17.8. The second-order valence-corrected chi connectivity index (χ2v) is 9.32. The Labute approximate surface area is 190 Å². The van der Waals surface area contributed by atoms with E-state index in [1.165, 1.54) is 4.90 Å². The Hall–Kier alpha value is -2.74. The third kappa shape index (κ3) is 2.85. The molecule has 3 aliphatic heterocycles. The number of imide groups is 1. The van der Waals surface area contributed by atoms with E-state index in [9.17, 15) is 19.5 Å². The maximum absolute atomic E-state index is 13.6. The number of hydrogen-bond acceptors (Lipinski definition) is 5. The zero-order valence-corrected chi connectivity index (χ0v) is 18.5. The largest absolute Gasteiger partial charge is 0.392 e. The van der Waals surface area contributed by atoms with Crippen molar-refractivity contribution in [1.82, 2.24) is 10.2 Å². The highest BCUT2D eigenvalue weighted by Crippen LogP contribution is 2.54. The molecular weight excluding hydrogens is 430 g/mol. The number of benzene rings is 2. The average molecular weight is 454 g/mol. The second kappa shape index (κ2) is 7.40. The lowest BCUT2D eigenvalue weighted by molar-refractivity contribution is -0.143. The van der Waals surface area contributed by atoms with Crippen molar-refractivity contribution in [2.24, 2.45) is 11.8 Å². The van der Waals surface area contributed by atoms with Crippen molar-refractivity contribution in [3.8, 4) is 0 Å². The lowest BCUT2D eigenvalue weighted by Crippen LogP contribution is -2.55. The van der Waals surface area contributed by atoms with Crippen molar-refractivity contribution in [3.63, 3.8) is 0 Å². The molecule has 0 aromatic heterocycles. The van der Waals surface area contributed by atoms with E-state index in [-0.39, 0.29) is 12.5 Å². The molecule has 2 fully saturated rings. The number of anilines is 1. The molecule has 3 amide bonds. The molecule has 3 aliphatic rings. The van der Waals surface area contributed by atoms with Crippen LogP contribution in [-0.4, -0.2) is 46.4 Å². The number of nitrogens with zero attached hydrogens (tertiary/aromatic N) is 1. The molecule has 0 bridgehead atoms. The lowest BCUT2D eigenvalue weighted by Gasteiger charge is -2.30. The smallest absolute Gasteiger partial charge is 0.250 e. The summed E-state index contributed by atoms with van der Waals surface area (Å²) in [7, 11) is 0. The number of aliphatic hydroxyl groups excluding tert-OH is 1. The molecule has 0 radical (unpaired) electrons. The Bertz CT molecular complexity index is 1140. The zero-order chi connectivity index (χ0) is 22.8. The molecule has 3 heterocycles. The van der Waals surface area contributed by atoms with E-state index in [0.29, 0.717) is 22.7 Å². The molecule has 0 saturated carbocycles. The summed E-state index contributed by atoms with van der Waals surface area (Å²) in [6, 6.07) is 12.3. The van der Waals surface area contributed by atoms with Gasteiger partial charge in [-0.3, -0.25) is 24.6 Å². The number of aryl methyl sites for hydroxylation is 1. The van der Waals surface area contributed by atoms with Crippen molar-refractivity contribution in [3.05, 3.63) is 64.2 Å². The van der Waals surface area contributed by atoms with E-state index in [1.54, 1.807) is 19.1 Å². The summed E-state index contributed by atoms with van der Waals surface area (Å²) in [5.74, 6) is -2.95. The van der Waals surface area contributed by atoms with Gasteiger partial charge in [0.2, 0.25) is 17.7 Å². The fourth-order valence-electron chi connectivity index (χ4n) is 5.54. The third-order valence-electron chi connectivity index (χ3n) is 7.00. The van der Waals surface area contributed by atoms with Crippen LogP contribution < -0.4 is 10.6 Å². The van der Waals surface area contributed by atoms with E-state index in [0.717, 1.165) is 11.1 Å². The first-order valence-electron chi connectivity index (χ1n) is 10.7. The average Bonchev–Trinajstić information content (AvgIpc) is 3.34. The molecule has 3 unspecified atom stereocenters. The van der Waals surface area contributed by atoms with E-state index in [2.05, 4.69) is 10.6 Å². The van der Waals surface area contributed by atoms with Gasteiger partial charge in [-0.2, -0.15) is 0 Å². The Morgan fingerprint density at radius 1 is 1.16 bits per heavy atom. The molecule has 3 N–H and O–H groups in total.